The minimum atomic E-state index is -0.474. The van der Waals surface area contributed by atoms with Gasteiger partial charge in [-0.3, -0.25) is 14.9 Å². The number of benzene rings is 2. The van der Waals surface area contributed by atoms with Gasteiger partial charge in [0.15, 0.2) is 0 Å². The van der Waals surface area contributed by atoms with Gasteiger partial charge in [0.1, 0.15) is 11.5 Å². The Morgan fingerprint density at radius 1 is 1.08 bits per heavy atom. The molecule has 2 aromatic carbocycles. The van der Waals surface area contributed by atoms with E-state index < -0.39 is 10.9 Å². The zero-order chi connectivity index (χ0) is 17.7. The van der Waals surface area contributed by atoms with Gasteiger partial charge in [0.2, 0.25) is 0 Å². The number of ether oxygens (including phenoxy) is 2. The van der Waals surface area contributed by atoms with Gasteiger partial charge >= 0.3 is 5.97 Å². The van der Waals surface area contributed by atoms with Crippen molar-refractivity contribution in [3.63, 3.8) is 0 Å². The average Bonchev–Trinajstić information content (AvgIpc) is 2.49. The van der Waals surface area contributed by atoms with Crippen molar-refractivity contribution in [2.24, 2.45) is 0 Å². The Labute approximate surface area is 140 Å². The first-order valence-electron chi connectivity index (χ1n) is 7.52. The summed E-state index contributed by atoms with van der Waals surface area (Å²) in [7, 11) is 0. The molecule has 0 spiro atoms. The Morgan fingerprint density at radius 2 is 1.83 bits per heavy atom. The second kappa shape index (κ2) is 7.59. The fourth-order valence-corrected chi connectivity index (χ4v) is 2.28. The Bertz CT molecular complexity index is 770. The molecule has 6 heteroatoms. The largest absolute Gasteiger partial charge is 0.493 e. The van der Waals surface area contributed by atoms with Crippen molar-refractivity contribution in [3.05, 3.63) is 63.2 Å². The molecular weight excluding hydrogens is 310 g/mol. The van der Waals surface area contributed by atoms with Gasteiger partial charge in [0.05, 0.1) is 18.0 Å². The highest BCUT2D eigenvalue weighted by atomic mass is 16.6. The molecule has 126 valence electrons. The summed E-state index contributed by atoms with van der Waals surface area (Å²) >= 11 is 0. The monoisotopic (exact) mass is 329 g/mol. The molecule has 0 bridgehead atoms. The van der Waals surface area contributed by atoms with E-state index in [0.717, 1.165) is 16.9 Å². The van der Waals surface area contributed by atoms with E-state index in [1.54, 1.807) is 6.92 Å². The maximum atomic E-state index is 11.8. The summed E-state index contributed by atoms with van der Waals surface area (Å²) in [6.07, 6.45) is 0.0867. The summed E-state index contributed by atoms with van der Waals surface area (Å²) in [6.45, 7) is 5.74. The number of nitrogens with zero attached hydrogens (tertiary/aromatic N) is 1. The highest BCUT2D eigenvalue weighted by molar-refractivity contribution is 5.72. The summed E-state index contributed by atoms with van der Waals surface area (Å²) in [6, 6.07) is 10.0. The lowest BCUT2D eigenvalue weighted by molar-refractivity contribution is -0.385. The number of rotatable bonds is 6. The van der Waals surface area contributed by atoms with Crippen LogP contribution in [0.5, 0.6) is 11.5 Å². The van der Waals surface area contributed by atoms with Crippen molar-refractivity contribution < 1.29 is 19.2 Å². The molecule has 0 saturated carbocycles. The first kappa shape index (κ1) is 17.5. The maximum Gasteiger partial charge on any atom is 0.314 e. The van der Waals surface area contributed by atoms with E-state index >= 15 is 0 Å². The van der Waals surface area contributed by atoms with Crippen molar-refractivity contribution in [3.8, 4) is 11.5 Å². The molecule has 6 nitrogen and oxygen atoms in total. The highest BCUT2D eigenvalue weighted by Crippen LogP contribution is 2.23. The van der Waals surface area contributed by atoms with E-state index in [1.165, 1.54) is 18.2 Å². The molecule has 0 heterocycles. The first-order valence-corrected chi connectivity index (χ1v) is 7.52. The van der Waals surface area contributed by atoms with E-state index in [0.29, 0.717) is 5.56 Å². The molecule has 0 radical (unpaired) electrons. The van der Waals surface area contributed by atoms with Gasteiger partial charge in [-0.1, -0.05) is 17.7 Å². The minimum Gasteiger partial charge on any atom is -0.493 e. The van der Waals surface area contributed by atoms with Crippen molar-refractivity contribution in [1.82, 2.24) is 0 Å². The van der Waals surface area contributed by atoms with Crippen LogP contribution < -0.4 is 9.47 Å². The molecular formula is C18H19NO5. The van der Waals surface area contributed by atoms with Gasteiger partial charge < -0.3 is 9.47 Å². The molecule has 0 aliphatic carbocycles. The van der Waals surface area contributed by atoms with Crippen molar-refractivity contribution in [2.75, 3.05) is 6.61 Å². The molecule has 0 aromatic heterocycles. The molecule has 2 aromatic rings. The van der Waals surface area contributed by atoms with E-state index in [2.05, 4.69) is 0 Å². The van der Waals surface area contributed by atoms with Crippen LogP contribution in [0.25, 0.3) is 0 Å². The molecule has 0 unspecified atom stereocenters. The van der Waals surface area contributed by atoms with Gasteiger partial charge in [0.25, 0.3) is 5.69 Å². The highest BCUT2D eigenvalue weighted by Gasteiger charge is 2.13. The lowest BCUT2D eigenvalue weighted by atomic mass is 10.1. The second-order valence-electron chi connectivity index (χ2n) is 5.55. The van der Waals surface area contributed by atoms with Crippen molar-refractivity contribution in [2.45, 2.75) is 27.2 Å². The number of hydrogen-bond donors (Lipinski definition) is 0. The molecule has 0 fully saturated rings. The number of carbonyl (C=O) groups is 1. The van der Waals surface area contributed by atoms with Crippen LogP contribution >= 0.6 is 0 Å². The quantitative estimate of drug-likeness (QED) is 0.348. The fraction of sp³-hybridized carbons (Fsp3) is 0.278. The maximum absolute atomic E-state index is 11.8. The summed E-state index contributed by atoms with van der Waals surface area (Å²) in [4.78, 5) is 22.1. The van der Waals surface area contributed by atoms with E-state index in [4.69, 9.17) is 9.47 Å². The van der Waals surface area contributed by atoms with Crippen LogP contribution in [0.4, 0.5) is 5.69 Å². The van der Waals surface area contributed by atoms with Gasteiger partial charge in [0, 0.05) is 11.6 Å². The van der Waals surface area contributed by atoms with E-state index in [9.17, 15) is 14.9 Å². The third-order valence-corrected chi connectivity index (χ3v) is 3.49. The standard InChI is InChI=1S/C18H19NO5/c1-12-4-7-17(14(3)10-12)23-9-8-18(20)24-15-5-6-16(19(21)22)13(2)11-15/h4-7,10-11H,8-9H2,1-3H3. The zero-order valence-electron chi connectivity index (χ0n) is 13.9. The lowest BCUT2D eigenvalue weighted by Crippen LogP contribution is -2.13. The number of esters is 1. The number of nitro groups is 1. The van der Waals surface area contributed by atoms with E-state index in [1.807, 2.05) is 32.0 Å². The number of aryl methyl sites for hydroxylation is 3. The van der Waals surface area contributed by atoms with Gasteiger partial charge in [-0.25, -0.2) is 0 Å². The van der Waals surface area contributed by atoms with Crippen LogP contribution in [0.15, 0.2) is 36.4 Å². The van der Waals surface area contributed by atoms with Crippen LogP contribution in [-0.2, 0) is 4.79 Å². The summed E-state index contributed by atoms with van der Waals surface area (Å²) < 4.78 is 10.8. The molecule has 0 aliphatic rings. The molecule has 0 N–H and O–H groups in total. The predicted molar refractivity (Wildman–Crippen MR) is 89.5 cm³/mol. The summed E-state index contributed by atoms with van der Waals surface area (Å²) in [5.41, 5.74) is 2.59. The van der Waals surface area contributed by atoms with Crippen LogP contribution in [0, 0.1) is 30.9 Å². The summed E-state index contributed by atoms with van der Waals surface area (Å²) in [5.74, 6) is 0.571. The summed E-state index contributed by atoms with van der Waals surface area (Å²) in [5, 5.41) is 10.8. The van der Waals surface area contributed by atoms with Crippen molar-refractivity contribution >= 4 is 11.7 Å². The average molecular weight is 329 g/mol. The smallest absolute Gasteiger partial charge is 0.314 e. The van der Waals surface area contributed by atoms with Crippen LogP contribution in [0.3, 0.4) is 0 Å². The Hall–Kier alpha value is -2.89. The third kappa shape index (κ3) is 4.55. The SMILES string of the molecule is Cc1ccc(OCCC(=O)Oc2ccc([N+](=O)[O-])c(C)c2)c(C)c1. The van der Waals surface area contributed by atoms with Crippen molar-refractivity contribution in [1.29, 1.82) is 0 Å². The molecule has 0 amide bonds. The minimum absolute atomic E-state index is 0.00650. The molecule has 24 heavy (non-hydrogen) atoms. The van der Waals surface area contributed by atoms with Gasteiger partial charge in [-0.2, -0.15) is 0 Å². The van der Waals surface area contributed by atoms with Crippen LogP contribution in [-0.4, -0.2) is 17.5 Å². The molecule has 2 rings (SSSR count). The predicted octanol–water partition coefficient (Wildman–Crippen LogP) is 3.89. The zero-order valence-corrected chi connectivity index (χ0v) is 13.9. The molecule has 0 saturated heterocycles. The topological polar surface area (TPSA) is 78.7 Å². The number of nitro benzene ring substituents is 1. The third-order valence-electron chi connectivity index (χ3n) is 3.49. The van der Waals surface area contributed by atoms with Crippen LogP contribution in [0.1, 0.15) is 23.1 Å². The van der Waals surface area contributed by atoms with Gasteiger partial charge in [-0.15, -0.1) is 0 Å². The Morgan fingerprint density at radius 3 is 2.46 bits per heavy atom. The number of carbonyl (C=O) groups excluding carboxylic acids is 1. The molecule has 0 aliphatic heterocycles. The molecule has 0 atom stereocenters. The second-order valence-corrected chi connectivity index (χ2v) is 5.55. The normalized spacial score (nSPS) is 10.3. The first-order chi connectivity index (χ1) is 11.4. The van der Waals surface area contributed by atoms with Crippen LogP contribution in [0.2, 0.25) is 0 Å². The lowest BCUT2D eigenvalue weighted by Gasteiger charge is -2.10. The van der Waals surface area contributed by atoms with Gasteiger partial charge in [-0.05, 0) is 44.5 Å². The van der Waals surface area contributed by atoms with E-state index in [-0.39, 0.29) is 24.5 Å². The Balaban J connectivity index is 1.87. The fourth-order valence-electron chi connectivity index (χ4n) is 2.28. The Kier molecular flexibility index (Phi) is 5.52. The number of hydrogen-bond acceptors (Lipinski definition) is 5.